The molecule has 0 saturated heterocycles. The van der Waals surface area contributed by atoms with Gasteiger partial charge in [0.25, 0.3) is 0 Å². The van der Waals surface area contributed by atoms with Crippen LogP contribution in [0.15, 0.2) is 36.4 Å². The van der Waals surface area contributed by atoms with E-state index >= 15 is 0 Å². The predicted molar refractivity (Wildman–Crippen MR) is 93.4 cm³/mol. The van der Waals surface area contributed by atoms with Gasteiger partial charge in [0.2, 0.25) is 0 Å². The van der Waals surface area contributed by atoms with Crippen molar-refractivity contribution in [3.8, 4) is 6.07 Å². The van der Waals surface area contributed by atoms with Crippen LogP contribution in [-0.2, 0) is 6.42 Å². The van der Waals surface area contributed by atoms with E-state index in [2.05, 4.69) is 6.07 Å². The average Bonchev–Trinajstić information content (AvgIpc) is 2.58. The first kappa shape index (κ1) is 17.7. The number of unbranched alkanes of at least 4 members (excludes halogenated alkanes) is 1. The highest BCUT2D eigenvalue weighted by Crippen LogP contribution is 2.34. The average molecular weight is 313 g/mol. The molecule has 1 aliphatic carbocycles. The van der Waals surface area contributed by atoms with Gasteiger partial charge in [0, 0.05) is 6.08 Å². The third kappa shape index (κ3) is 6.99. The number of nitrogens with zero attached hydrogens (tertiary/aromatic N) is 1. The lowest BCUT2D eigenvalue weighted by atomic mass is 9.78. The van der Waals surface area contributed by atoms with E-state index in [-0.39, 0.29) is 5.82 Å². The number of allylic oxidation sites excluding steroid dienone is 2. The van der Waals surface area contributed by atoms with Crippen LogP contribution in [-0.4, -0.2) is 0 Å². The van der Waals surface area contributed by atoms with Gasteiger partial charge in [-0.1, -0.05) is 56.7 Å². The van der Waals surface area contributed by atoms with Crippen LogP contribution in [0.5, 0.6) is 0 Å². The second kappa shape index (κ2) is 10.2. The van der Waals surface area contributed by atoms with Gasteiger partial charge in [0.05, 0.1) is 6.07 Å². The van der Waals surface area contributed by atoms with Crippen LogP contribution in [0.3, 0.4) is 0 Å². The normalized spacial score (nSPS) is 21.4. The Morgan fingerprint density at radius 3 is 2.30 bits per heavy atom. The van der Waals surface area contributed by atoms with Gasteiger partial charge >= 0.3 is 0 Å². The standard InChI is InChI=1S/C21H28FN/c22-21-15-13-20(14-16-21)8-4-3-7-19-11-9-18(10-12-19)6-2-1-5-17-23/h1,5,13-16,18-19H,2-4,6-12H2/b5-1+/t18-,19-. The molecule has 0 atom stereocenters. The minimum Gasteiger partial charge on any atom is -0.207 e. The minimum absolute atomic E-state index is 0.145. The molecule has 0 radical (unpaired) electrons. The lowest BCUT2D eigenvalue weighted by molar-refractivity contribution is 0.250. The zero-order valence-electron chi connectivity index (χ0n) is 14.0. The van der Waals surface area contributed by atoms with Gasteiger partial charge in [0.1, 0.15) is 5.82 Å². The van der Waals surface area contributed by atoms with E-state index < -0.39 is 0 Å². The van der Waals surface area contributed by atoms with Crippen LogP contribution in [0.4, 0.5) is 4.39 Å². The number of hydrogen-bond donors (Lipinski definition) is 0. The summed E-state index contributed by atoms with van der Waals surface area (Å²) in [7, 11) is 0. The predicted octanol–water partition coefficient (Wildman–Crippen LogP) is 6.20. The number of halogens is 1. The topological polar surface area (TPSA) is 23.8 Å². The Balaban J connectivity index is 1.53. The van der Waals surface area contributed by atoms with E-state index in [1.54, 1.807) is 18.2 Å². The summed E-state index contributed by atoms with van der Waals surface area (Å²) in [5.41, 5.74) is 1.25. The SMILES string of the molecule is N#C/C=C/CC[C@H]1CC[C@H](CCCCc2ccc(F)cc2)CC1. The monoisotopic (exact) mass is 313 g/mol. The molecule has 0 unspecified atom stereocenters. The van der Waals surface area contributed by atoms with Crippen molar-refractivity contribution in [3.63, 3.8) is 0 Å². The van der Waals surface area contributed by atoms with Gasteiger partial charge in [-0.3, -0.25) is 0 Å². The molecule has 23 heavy (non-hydrogen) atoms. The van der Waals surface area contributed by atoms with E-state index in [1.807, 2.05) is 18.2 Å². The summed E-state index contributed by atoms with van der Waals surface area (Å²) in [6.07, 6.45) is 16.3. The van der Waals surface area contributed by atoms with Crippen LogP contribution >= 0.6 is 0 Å². The van der Waals surface area contributed by atoms with Crippen LogP contribution in [0.1, 0.15) is 63.4 Å². The van der Waals surface area contributed by atoms with E-state index in [4.69, 9.17) is 5.26 Å². The smallest absolute Gasteiger partial charge is 0.123 e. The molecule has 0 heterocycles. The summed E-state index contributed by atoms with van der Waals surface area (Å²) in [5, 5.41) is 8.47. The number of aryl methyl sites for hydroxylation is 1. The maximum Gasteiger partial charge on any atom is 0.123 e. The number of rotatable bonds is 8. The van der Waals surface area contributed by atoms with Crippen LogP contribution < -0.4 is 0 Å². The maximum atomic E-state index is 12.8. The highest BCUT2D eigenvalue weighted by atomic mass is 19.1. The van der Waals surface area contributed by atoms with Gasteiger partial charge in [-0.05, 0) is 55.2 Å². The van der Waals surface area contributed by atoms with Crippen molar-refractivity contribution in [3.05, 3.63) is 47.8 Å². The second-order valence-corrected chi connectivity index (χ2v) is 6.87. The van der Waals surface area contributed by atoms with E-state index in [0.717, 1.165) is 24.7 Å². The molecule has 1 fully saturated rings. The molecule has 1 aliphatic rings. The van der Waals surface area contributed by atoms with Crippen molar-refractivity contribution in [2.75, 3.05) is 0 Å². The first-order valence-corrected chi connectivity index (χ1v) is 9.07. The van der Waals surface area contributed by atoms with Gasteiger partial charge in [0.15, 0.2) is 0 Å². The molecule has 1 aromatic rings. The van der Waals surface area contributed by atoms with Crippen molar-refractivity contribution < 1.29 is 4.39 Å². The van der Waals surface area contributed by atoms with Crippen LogP contribution in [0.25, 0.3) is 0 Å². The Morgan fingerprint density at radius 2 is 1.65 bits per heavy atom. The third-order valence-corrected chi connectivity index (χ3v) is 5.14. The first-order chi connectivity index (χ1) is 11.3. The van der Waals surface area contributed by atoms with Gasteiger partial charge in [-0.2, -0.15) is 5.26 Å². The Kier molecular flexibility index (Phi) is 7.87. The molecule has 1 aromatic carbocycles. The van der Waals surface area contributed by atoms with Gasteiger partial charge in [-0.25, -0.2) is 4.39 Å². The largest absolute Gasteiger partial charge is 0.207 e. The minimum atomic E-state index is -0.145. The number of nitriles is 1. The van der Waals surface area contributed by atoms with Crippen molar-refractivity contribution in [1.82, 2.24) is 0 Å². The Morgan fingerprint density at radius 1 is 1.00 bits per heavy atom. The Hall–Kier alpha value is -1.62. The summed E-state index contributed by atoms with van der Waals surface area (Å²) in [6.45, 7) is 0. The van der Waals surface area contributed by atoms with Crippen molar-refractivity contribution in [2.45, 2.75) is 64.2 Å². The lowest BCUT2D eigenvalue weighted by Gasteiger charge is -2.28. The Labute approximate surface area is 140 Å². The lowest BCUT2D eigenvalue weighted by Crippen LogP contribution is -2.14. The van der Waals surface area contributed by atoms with Crippen molar-refractivity contribution >= 4 is 0 Å². The fourth-order valence-electron chi connectivity index (χ4n) is 3.69. The summed E-state index contributed by atoms with van der Waals surface area (Å²) in [5.74, 6) is 1.64. The molecule has 0 amide bonds. The van der Waals surface area contributed by atoms with Crippen LogP contribution in [0, 0.1) is 29.0 Å². The van der Waals surface area contributed by atoms with E-state index in [1.165, 1.54) is 56.9 Å². The molecular formula is C21H28FN. The second-order valence-electron chi connectivity index (χ2n) is 6.87. The molecule has 1 nitrogen and oxygen atoms in total. The van der Waals surface area contributed by atoms with E-state index in [9.17, 15) is 4.39 Å². The summed E-state index contributed by atoms with van der Waals surface area (Å²) in [4.78, 5) is 0. The fourth-order valence-corrected chi connectivity index (χ4v) is 3.69. The molecular weight excluding hydrogens is 285 g/mol. The summed E-state index contributed by atoms with van der Waals surface area (Å²) >= 11 is 0. The molecule has 2 rings (SSSR count). The van der Waals surface area contributed by atoms with Crippen molar-refractivity contribution in [2.24, 2.45) is 11.8 Å². The molecule has 0 bridgehead atoms. The van der Waals surface area contributed by atoms with Gasteiger partial charge in [-0.15, -0.1) is 0 Å². The highest BCUT2D eigenvalue weighted by molar-refractivity contribution is 5.15. The molecule has 0 aromatic heterocycles. The zero-order chi connectivity index (χ0) is 16.3. The first-order valence-electron chi connectivity index (χ1n) is 9.07. The quantitative estimate of drug-likeness (QED) is 0.414. The molecule has 2 heteroatoms. The molecule has 0 aliphatic heterocycles. The fraction of sp³-hybridized carbons (Fsp3) is 0.571. The van der Waals surface area contributed by atoms with E-state index in [0.29, 0.717) is 0 Å². The molecule has 1 saturated carbocycles. The maximum absolute atomic E-state index is 12.8. The summed E-state index contributed by atoms with van der Waals surface area (Å²) < 4.78 is 12.8. The van der Waals surface area contributed by atoms with Crippen molar-refractivity contribution in [1.29, 1.82) is 5.26 Å². The summed E-state index contributed by atoms with van der Waals surface area (Å²) in [6, 6.07) is 8.98. The number of benzene rings is 1. The molecule has 124 valence electrons. The third-order valence-electron chi connectivity index (χ3n) is 5.14. The van der Waals surface area contributed by atoms with Gasteiger partial charge < -0.3 is 0 Å². The van der Waals surface area contributed by atoms with Crippen LogP contribution in [0.2, 0.25) is 0 Å². The highest BCUT2D eigenvalue weighted by Gasteiger charge is 2.20. The molecule has 0 N–H and O–H groups in total. The Bertz CT molecular complexity index is 504. The molecule has 0 spiro atoms. The zero-order valence-corrected chi connectivity index (χ0v) is 14.0. The number of hydrogen-bond acceptors (Lipinski definition) is 1.